The third kappa shape index (κ3) is 6.71. The highest BCUT2D eigenvalue weighted by Crippen LogP contribution is 2.13. The second-order valence-corrected chi connectivity index (χ2v) is 6.13. The van der Waals surface area contributed by atoms with Crippen molar-refractivity contribution in [2.75, 3.05) is 20.6 Å². The summed E-state index contributed by atoms with van der Waals surface area (Å²) in [6, 6.07) is 2.19. The number of hydrogen-bond acceptors (Lipinski definition) is 4. The number of likely N-dealkylation sites (N-methyl/N-ethyl adjacent to an activating group) is 1. The van der Waals surface area contributed by atoms with Gasteiger partial charge < -0.3 is 20.1 Å². The second kappa shape index (κ2) is 9.17. The van der Waals surface area contributed by atoms with Crippen LogP contribution in [0, 0.1) is 0 Å². The summed E-state index contributed by atoms with van der Waals surface area (Å²) >= 11 is 0. The van der Waals surface area contributed by atoms with Gasteiger partial charge in [0.25, 0.3) is 0 Å². The first-order valence-corrected chi connectivity index (χ1v) is 8.04. The van der Waals surface area contributed by atoms with Crippen LogP contribution in [0.15, 0.2) is 15.6 Å². The number of nitrogens with one attached hydrogen (secondary N) is 2. The number of aliphatic imine (C=N–C) groups is 1. The third-order valence-electron chi connectivity index (χ3n) is 3.47. The van der Waals surface area contributed by atoms with Gasteiger partial charge in [-0.2, -0.15) is 0 Å². The molecule has 0 radical (unpaired) electrons. The van der Waals surface area contributed by atoms with Crippen LogP contribution in [0.5, 0.6) is 0 Å². The molecular formula is C16H29N5O2. The normalized spacial score (nSPS) is 13.1. The van der Waals surface area contributed by atoms with Crippen molar-refractivity contribution >= 4 is 11.9 Å². The summed E-state index contributed by atoms with van der Waals surface area (Å²) in [6.45, 7) is 8.87. The van der Waals surface area contributed by atoms with Gasteiger partial charge in [-0.15, -0.1) is 0 Å². The minimum absolute atomic E-state index is 0.0444. The molecule has 0 fully saturated rings. The molecule has 1 amide bonds. The maximum atomic E-state index is 11.7. The number of carbonyl (C=O) groups excluding carboxylic acids is 1. The molecule has 23 heavy (non-hydrogen) atoms. The largest absolute Gasteiger partial charge is 0.359 e. The fourth-order valence-corrected chi connectivity index (χ4v) is 1.63. The van der Waals surface area contributed by atoms with E-state index < -0.39 is 0 Å². The van der Waals surface area contributed by atoms with E-state index in [1.807, 2.05) is 6.07 Å². The molecule has 0 spiro atoms. The Morgan fingerprint density at radius 2 is 2.09 bits per heavy atom. The Bertz CT molecular complexity index is 522. The average Bonchev–Trinajstić information content (AvgIpc) is 2.98. The molecule has 2 N–H and O–H groups in total. The van der Waals surface area contributed by atoms with Gasteiger partial charge in [0.05, 0.1) is 12.2 Å². The van der Waals surface area contributed by atoms with E-state index in [0.29, 0.717) is 18.4 Å². The van der Waals surface area contributed by atoms with E-state index in [-0.39, 0.29) is 18.5 Å². The van der Waals surface area contributed by atoms with E-state index >= 15 is 0 Å². The van der Waals surface area contributed by atoms with E-state index in [1.165, 1.54) is 4.90 Å². The standard InChI is InChI=1S/C16H29N5O2/c1-7-12(4)19-16(18-10-15(22)21(5)6)17-9-13-8-14(11(2)3)20-23-13/h8,11-12H,7,9-10H2,1-6H3,(H2,17,18,19). The molecule has 0 aliphatic carbocycles. The smallest absolute Gasteiger partial charge is 0.243 e. The van der Waals surface area contributed by atoms with Crippen molar-refractivity contribution in [1.29, 1.82) is 0 Å². The van der Waals surface area contributed by atoms with Crippen LogP contribution in [0.2, 0.25) is 0 Å². The van der Waals surface area contributed by atoms with Crippen LogP contribution >= 0.6 is 0 Å². The highest BCUT2D eigenvalue weighted by atomic mass is 16.5. The third-order valence-corrected chi connectivity index (χ3v) is 3.47. The summed E-state index contributed by atoms with van der Waals surface area (Å²) in [7, 11) is 3.43. The van der Waals surface area contributed by atoms with Crippen LogP contribution < -0.4 is 10.6 Å². The molecule has 0 aliphatic heterocycles. The quantitative estimate of drug-likeness (QED) is 0.590. The van der Waals surface area contributed by atoms with E-state index in [9.17, 15) is 4.79 Å². The lowest BCUT2D eigenvalue weighted by Gasteiger charge is -2.17. The summed E-state index contributed by atoms with van der Waals surface area (Å²) < 4.78 is 5.30. The summed E-state index contributed by atoms with van der Waals surface area (Å²) in [5.41, 5.74) is 0.929. The number of hydrogen-bond donors (Lipinski definition) is 2. The molecule has 0 bridgehead atoms. The fourth-order valence-electron chi connectivity index (χ4n) is 1.63. The maximum absolute atomic E-state index is 11.7. The van der Waals surface area contributed by atoms with Gasteiger partial charge in [-0.1, -0.05) is 25.9 Å². The summed E-state index contributed by atoms with van der Waals surface area (Å²) in [5, 5.41) is 10.5. The maximum Gasteiger partial charge on any atom is 0.243 e. The van der Waals surface area contributed by atoms with Gasteiger partial charge in [0.1, 0.15) is 6.54 Å². The van der Waals surface area contributed by atoms with Crippen LogP contribution in [-0.4, -0.2) is 48.6 Å². The molecular weight excluding hydrogens is 294 g/mol. The lowest BCUT2D eigenvalue weighted by molar-refractivity contribution is -0.127. The first-order valence-electron chi connectivity index (χ1n) is 8.04. The zero-order chi connectivity index (χ0) is 17.4. The first kappa shape index (κ1) is 19.0. The Morgan fingerprint density at radius 1 is 1.39 bits per heavy atom. The number of nitrogens with zero attached hydrogens (tertiary/aromatic N) is 3. The van der Waals surface area contributed by atoms with Crippen molar-refractivity contribution in [3.8, 4) is 0 Å². The number of guanidine groups is 1. The topological polar surface area (TPSA) is 82.8 Å². The predicted octanol–water partition coefficient (Wildman–Crippen LogP) is 1.72. The Kier molecular flexibility index (Phi) is 7.57. The van der Waals surface area contributed by atoms with E-state index in [1.54, 1.807) is 14.1 Å². The van der Waals surface area contributed by atoms with Crippen molar-refractivity contribution in [2.24, 2.45) is 4.99 Å². The fraction of sp³-hybridized carbons (Fsp3) is 0.688. The van der Waals surface area contributed by atoms with Gasteiger partial charge in [0.15, 0.2) is 11.7 Å². The van der Waals surface area contributed by atoms with Gasteiger partial charge in [0, 0.05) is 26.2 Å². The zero-order valence-corrected chi connectivity index (χ0v) is 15.0. The van der Waals surface area contributed by atoms with Gasteiger partial charge in [-0.25, -0.2) is 4.99 Å². The van der Waals surface area contributed by atoms with Crippen LogP contribution in [0.4, 0.5) is 0 Å². The molecule has 1 unspecified atom stereocenters. The van der Waals surface area contributed by atoms with E-state index in [4.69, 9.17) is 4.52 Å². The van der Waals surface area contributed by atoms with Crippen LogP contribution in [0.25, 0.3) is 0 Å². The molecule has 1 rings (SSSR count). The lowest BCUT2D eigenvalue weighted by Crippen LogP contribution is -2.42. The number of aromatic nitrogens is 1. The van der Waals surface area contributed by atoms with Crippen molar-refractivity contribution in [1.82, 2.24) is 20.7 Å². The summed E-state index contributed by atoms with van der Waals surface area (Å²) in [5.74, 6) is 1.62. The number of rotatable bonds is 7. The van der Waals surface area contributed by atoms with Crippen LogP contribution in [-0.2, 0) is 11.3 Å². The SMILES string of the molecule is CCC(C)NC(=NCC(=O)N(C)C)NCc1cc(C(C)C)no1. The molecule has 7 heteroatoms. The highest BCUT2D eigenvalue weighted by molar-refractivity contribution is 5.84. The number of carbonyl (C=O) groups is 1. The molecule has 1 heterocycles. The van der Waals surface area contributed by atoms with E-state index in [2.05, 4.69) is 48.5 Å². The predicted molar refractivity (Wildman–Crippen MR) is 91.3 cm³/mol. The van der Waals surface area contributed by atoms with Crippen molar-refractivity contribution < 1.29 is 9.32 Å². The Hall–Kier alpha value is -2.05. The summed E-state index contributed by atoms with van der Waals surface area (Å²) in [4.78, 5) is 17.5. The minimum Gasteiger partial charge on any atom is -0.359 e. The monoisotopic (exact) mass is 323 g/mol. The van der Waals surface area contributed by atoms with Gasteiger partial charge in [-0.05, 0) is 19.3 Å². The van der Waals surface area contributed by atoms with Crippen molar-refractivity contribution in [2.45, 2.75) is 52.6 Å². The van der Waals surface area contributed by atoms with Gasteiger partial charge in [0.2, 0.25) is 5.91 Å². The van der Waals surface area contributed by atoms with Crippen molar-refractivity contribution in [3.05, 3.63) is 17.5 Å². The first-order chi connectivity index (χ1) is 10.8. The Balaban J connectivity index is 2.67. The minimum atomic E-state index is -0.0444. The zero-order valence-electron chi connectivity index (χ0n) is 15.0. The van der Waals surface area contributed by atoms with Crippen LogP contribution in [0.1, 0.15) is 51.5 Å². The molecule has 0 aromatic carbocycles. The molecule has 1 aromatic rings. The van der Waals surface area contributed by atoms with E-state index in [0.717, 1.165) is 17.9 Å². The Morgan fingerprint density at radius 3 is 2.61 bits per heavy atom. The molecule has 0 aliphatic rings. The van der Waals surface area contributed by atoms with Gasteiger partial charge in [-0.3, -0.25) is 4.79 Å². The molecule has 0 saturated heterocycles. The highest BCUT2D eigenvalue weighted by Gasteiger charge is 2.10. The number of amides is 1. The lowest BCUT2D eigenvalue weighted by atomic mass is 10.1. The van der Waals surface area contributed by atoms with Crippen molar-refractivity contribution in [3.63, 3.8) is 0 Å². The molecule has 0 saturated carbocycles. The van der Waals surface area contributed by atoms with Gasteiger partial charge >= 0.3 is 0 Å². The molecule has 7 nitrogen and oxygen atoms in total. The molecule has 130 valence electrons. The van der Waals surface area contributed by atoms with Crippen LogP contribution in [0.3, 0.4) is 0 Å². The second-order valence-electron chi connectivity index (χ2n) is 6.13. The Labute approximate surface area is 138 Å². The average molecular weight is 323 g/mol. The summed E-state index contributed by atoms with van der Waals surface area (Å²) in [6.07, 6.45) is 0.960. The molecule has 1 atom stereocenters. The molecule has 1 aromatic heterocycles.